The molecule has 2 aromatic carbocycles. The molecule has 1 aliphatic heterocycles. The zero-order valence-electron chi connectivity index (χ0n) is 17.0. The first-order valence-electron chi connectivity index (χ1n) is 10.3. The van der Waals surface area contributed by atoms with Crippen LogP contribution in [0.15, 0.2) is 59.8 Å². The Hall–Kier alpha value is -2.67. The molecule has 1 saturated heterocycles. The zero-order valence-corrected chi connectivity index (χ0v) is 17.8. The number of likely N-dealkylation sites (tertiary alicyclic amines) is 1. The molecule has 156 valence electrons. The third-order valence-corrected chi connectivity index (χ3v) is 6.41. The van der Waals surface area contributed by atoms with Crippen molar-refractivity contribution in [2.75, 3.05) is 12.3 Å². The van der Waals surface area contributed by atoms with E-state index in [0.717, 1.165) is 24.9 Å². The van der Waals surface area contributed by atoms with Gasteiger partial charge in [0, 0.05) is 12.6 Å². The number of hydrogen-bond donors (Lipinski definition) is 0. The van der Waals surface area contributed by atoms with Crippen molar-refractivity contribution in [3.05, 3.63) is 66.0 Å². The lowest BCUT2D eigenvalue weighted by atomic mass is 10.0. The van der Waals surface area contributed by atoms with E-state index in [9.17, 15) is 9.18 Å². The normalized spacial score (nSPS) is 16.6. The van der Waals surface area contributed by atoms with E-state index in [2.05, 4.69) is 17.1 Å². The first-order valence-corrected chi connectivity index (χ1v) is 11.3. The van der Waals surface area contributed by atoms with Crippen molar-refractivity contribution in [3.63, 3.8) is 0 Å². The van der Waals surface area contributed by atoms with Crippen LogP contribution in [0.4, 0.5) is 4.39 Å². The predicted octanol–water partition coefficient (Wildman–Crippen LogP) is 4.63. The number of carbonyl (C=O) groups is 1. The maximum Gasteiger partial charge on any atom is 0.233 e. The number of amides is 1. The molecule has 1 atom stereocenters. The molecule has 5 nitrogen and oxygen atoms in total. The van der Waals surface area contributed by atoms with Gasteiger partial charge in [-0.05, 0) is 43.9 Å². The van der Waals surface area contributed by atoms with E-state index in [1.54, 1.807) is 18.2 Å². The first kappa shape index (κ1) is 20.6. The van der Waals surface area contributed by atoms with E-state index in [0.29, 0.717) is 28.8 Å². The summed E-state index contributed by atoms with van der Waals surface area (Å²) in [6.07, 6.45) is 3.29. The van der Waals surface area contributed by atoms with E-state index in [-0.39, 0.29) is 17.8 Å². The van der Waals surface area contributed by atoms with Crippen LogP contribution in [0.25, 0.3) is 11.4 Å². The van der Waals surface area contributed by atoms with Crippen LogP contribution in [0.1, 0.15) is 31.7 Å². The molecule has 1 amide bonds. The second kappa shape index (κ2) is 9.43. The highest BCUT2D eigenvalue weighted by molar-refractivity contribution is 7.99. The molecule has 0 bridgehead atoms. The summed E-state index contributed by atoms with van der Waals surface area (Å²) in [5.41, 5.74) is 1.47. The Morgan fingerprint density at radius 3 is 2.63 bits per heavy atom. The van der Waals surface area contributed by atoms with E-state index < -0.39 is 0 Å². The number of halogens is 1. The number of carbonyl (C=O) groups excluding carboxylic acids is 1. The number of piperidine rings is 1. The van der Waals surface area contributed by atoms with Crippen molar-refractivity contribution < 1.29 is 9.18 Å². The molecule has 30 heavy (non-hydrogen) atoms. The van der Waals surface area contributed by atoms with Gasteiger partial charge in [0.2, 0.25) is 5.91 Å². The van der Waals surface area contributed by atoms with Gasteiger partial charge in [-0.2, -0.15) is 0 Å². The lowest BCUT2D eigenvalue weighted by molar-refractivity contribution is -0.131. The number of hydrogen-bond acceptors (Lipinski definition) is 4. The van der Waals surface area contributed by atoms with Gasteiger partial charge in [-0.3, -0.25) is 9.36 Å². The van der Waals surface area contributed by atoms with Crippen LogP contribution >= 0.6 is 11.8 Å². The smallest absolute Gasteiger partial charge is 0.233 e. The summed E-state index contributed by atoms with van der Waals surface area (Å²) in [5, 5.41) is 9.20. The van der Waals surface area contributed by atoms with Crippen LogP contribution < -0.4 is 0 Å². The third-order valence-electron chi connectivity index (χ3n) is 5.46. The standard InChI is InChI=1S/C23H25FN4OS/c1-17-9-7-8-14-27(17)21(29)16-30-23-26-25-22(19-12-5-6-13-20(19)24)28(23)15-18-10-3-2-4-11-18/h2-6,10-13,17H,7-9,14-16H2,1H3/t17-/m0/s1. The van der Waals surface area contributed by atoms with Crippen LogP contribution in [0.2, 0.25) is 0 Å². The van der Waals surface area contributed by atoms with Crippen molar-refractivity contribution in [3.8, 4) is 11.4 Å². The molecule has 0 aliphatic carbocycles. The lowest BCUT2D eigenvalue weighted by Gasteiger charge is -2.33. The summed E-state index contributed by atoms with van der Waals surface area (Å²) in [7, 11) is 0. The number of nitrogens with zero attached hydrogens (tertiary/aromatic N) is 4. The minimum absolute atomic E-state index is 0.119. The number of rotatable bonds is 6. The fraction of sp³-hybridized carbons (Fsp3) is 0.348. The van der Waals surface area contributed by atoms with Gasteiger partial charge in [0.05, 0.1) is 17.9 Å². The van der Waals surface area contributed by atoms with Crippen LogP contribution in [-0.4, -0.2) is 43.9 Å². The van der Waals surface area contributed by atoms with E-state index >= 15 is 0 Å². The molecular weight excluding hydrogens is 399 g/mol. The van der Waals surface area contributed by atoms with Crippen LogP contribution in [-0.2, 0) is 11.3 Å². The van der Waals surface area contributed by atoms with Gasteiger partial charge in [0.25, 0.3) is 0 Å². The molecule has 0 unspecified atom stereocenters. The minimum Gasteiger partial charge on any atom is -0.339 e. The Kier molecular flexibility index (Phi) is 6.47. The zero-order chi connectivity index (χ0) is 20.9. The topological polar surface area (TPSA) is 51.0 Å². The highest BCUT2D eigenvalue weighted by Crippen LogP contribution is 2.28. The Morgan fingerprint density at radius 2 is 1.87 bits per heavy atom. The predicted molar refractivity (Wildman–Crippen MR) is 117 cm³/mol. The van der Waals surface area contributed by atoms with Crippen molar-refractivity contribution in [2.45, 2.75) is 43.9 Å². The SMILES string of the molecule is C[C@H]1CCCCN1C(=O)CSc1nnc(-c2ccccc2F)n1Cc1ccccc1. The highest BCUT2D eigenvalue weighted by atomic mass is 32.2. The fourth-order valence-corrected chi connectivity index (χ4v) is 4.65. The minimum atomic E-state index is -0.339. The summed E-state index contributed by atoms with van der Waals surface area (Å²) in [6.45, 7) is 3.43. The molecule has 1 aliphatic rings. The molecule has 0 radical (unpaired) electrons. The molecule has 2 heterocycles. The maximum atomic E-state index is 14.5. The molecule has 1 aromatic heterocycles. The van der Waals surface area contributed by atoms with Crippen LogP contribution in [0.3, 0.4) is 0 Å². The average molecular weight is 425 g/mol. The van der Waals surface area contributed by atoms with Crippen molar-refractivity contribution in [2.24, 2.45) is 0 Å². The van der Waals surface area contributed by atoms with E-state index in [4.69, 9.17) is 0 Å². The van der Waals surface area contributed by atoms with Gasteiger partial charge < -0.3 is 4.90 Å². The van der Waals surface area contributed by atoms with Gasteiger partial charge >= 0.3 is 0 Å². The molecule has 1 fully saturated rings. The number of aromatic nitrogens is 3. The van der Waals surface area contributed by atoms with Crippen molar-refractivity contribution in [1.82, 2.24) is 19.7 Å². The summed E-state index contributed by atoms with van der Waals surface area (Å²) in [5.74, 6) is 0.551. The number of thioether (sulfide) groups is 1. The van der Waals surface area contributed by atoms with E-state index in [1.165, 1.54) is 24.2 Å². The van der Waals surface area contributed by atoms with Gasteiger partial charge in [0.1, 0.15) is 5.82 Å². The summed E-state index contributed by atoms with van der Waals surface area (Å²) < 4.78 is 16.3. The van der Waals surface area contributed by atoms with Gasteiger partial charge in [-0.25, -0.2) is 4.39 Å². The lowest BCUT2D eigenvalue weighted by Crippen LogP contribution is -2.43. The Labute approximate surface area is 180 Å². The molecule has 0 spiro atoms. The molecule has 0 N–H and O–H groups in total. The quantitative estimate of drug-likeness (QED) is 0.542. The molecule has 7 heteroatoms. The van der Waals surface area contributed by atoms with Crippen molar-refractivity contribution in [1.29, 1.82) is 0 Å². The van der Waals surface area contributed by atoms with Gasteiger partial charge in [-0.1, -0.05) is 54.2 Å². The average Bonchev–Trinajstić information content (AvgIpc) is 3.15. The maximum absolute atomic E-state index is 14.5. The monoisotopic (exact) mass is 424 g/mol. The second-order valence-electron chi connectivity index (χ2n) is 7.58. The van der Waals surface area contributed by atoms with Crippen LogP contribution in [0, 0.1) is 5.82 Å². The third kappa shape index (κ3) is 4.56. The Balaban J connectivity index is 1.59. The molecule has 4 rings (SSSR count). The largest absolute Gasteiger partial charge is 0.339 e. The number of benzene rings is 2. The Morgan fingerprint density at radius 1 is 1.10 bits per heavy atom. The second-order valence-corrected chi connectivity index (χ2v) is 8.52. The fourth-order valence-electron chi connectivity index (χ4n) is 3.82. The van der Waals surface area contributed by atoms with Crippen LogP contribution in [0.5, 0.6) is 0 Å². The highest BCUT2D eigenvalue weighted by Gasteiger charge is 2.24. The summed E-state index contributed by atoms with van der Waals surface area (Å²) in [4.78, 5) is 14.7. The van der Waals surface area contributed by atoms with Gasteiger partial charge in [0.15, 0.2) is 11.0 Å². The molecule has 3 aromatic rings. The molecule has 0 saturated carbocycles. The van der Waals surface area contributed by atoms with Crippen molar-refractivity contribution >= 4 is 17.7 Å². The molecular formula is C23H25FN4OS. The summed E-state index contributed by atoms with van der Waals surface area (Å²) >= 11 is 1.37. The summed E-state index contributed by atoms with van der Waals surface area (Å²) in [6, 6.07) is 16.8. The van der Waals surface area contributed by atoms with E-state index in [1.807, 2.05) is 39.8 Å². The first-order chi connectivity index (χ1) is 14.6. The van der Waals surface area contributed by atoms with Gasteiger partial charge in [-0.15, -0.1) is 10.2 Å². The Bertz CT molecular complexity index is 1010.